The van der Waals surface area contributed by atoms with Gasteiger partial charge in [-0.3, -0.25) is 0 Å². The standard InChI is InChI=1S/C16H21FN4/c1-5-18-15-14(10(2)3)16(20-9-19-15)21-13-7-6-12(17)8-11(13)4/h6-10H,5H2,1-4H3,(H2,18,19,20,21). The summed E-state index contributed by atoms with van der Waals surface area (Å²) in [7, 11) is 0. The highest BCUT2D eigenvalue weighted by molar-refractivity contribution is 5.67. The summed E-state index contributed by atoms with van der Waals surface area (Å²) in [4.78, 5) is 8.65. The Morgan fingerprint density at radius 3 is 2.52 bits per heavy atom. The normalized spacial score (nSPS) is 10.8. The van der Waals surface area contributed by atoms with Crippen LogP contribution >= 0.6 is 0 Å². The molecular formula is C16H21FN4. The largest absolute Gasteiger partial charge is 0.370 e. The highest BCUT2D eigenvalue weighted by Gasteiger charge is 2.15. The highest BCUT2D eigenvalue weighted by Crippen LogP contribution is 2.31. The quantitative estimate of drug-likeness (QED) is 0.864. The van der Waals surface area contributed by atoms with Crippen molar-refractivity contribution in [2.24, 2.45) is 0 Å². The number of rotatable bonds is 5. The lowest BCUT2D eigenvalue weighted by Gasteiger charge is -2.18. The fraction of sp³-hybridized carbons (Fsp3) is 0.375. The van der Waals surface area contributed by atoms with Crippen molar-refractivity contribution in [1.82, 2.24) is 9.97 Å². The van der Waals surface area contributed by atoms with E-state index < -0.39 is 0 Å². The van der Waals surface area contributed by atoms with Crippen LogP contribution in [0.1, 0.15) is 37.8 Å². The van der Waals surface area contributed by atoms with Gasteiger partial charge in [0.1, 0.15) is 23.8 Å². The maximum Gasteiger partial charge on any atom is 0.139 e. The number of aryl methyl sites for hydroxylation is 1. The summed E-state index contributed by atoms with van der Waals surface area (Å²) in [6, 6.07) is 4.67. The zero-order valence-corrected chi connectivity index (χ0v) is 12.9. The summed E-state index contributed by atoms with van der Waals surface area (Å²) in [6.07, 6.45) is 1.53. The summed E-state index contributed by atoms with van der Waals surface area (Å²) < 4.78 is 13.2. The van der Waals surface area contributed by atoms with E-state index in [2.05, 4.69) is 34.4 Å². The van der Waals surface area contributed by atoms with E-state index in [4.69, 9.17) is 0 Å². The van der Waals surface area contributed by atoms with E-state index in [1.165, 1.54) is 18.5 Å². The minimum Gasteiger partial charge on any atom is -0.370 e. The monoisotopic (exact) mass is 288 g/mol. The van der Waals surface area contributed by atoms with Crippen LogP contribution in [0.15, 0.2) is 24.5 Å². The van der Waals surface area contributed by atoms with Crippen LogP contribution in [0, 0.1) is 12.7 Å². The van der Waals surface area contributed by atoms with E-state index in [1.807, 2.05) is 13.8 Å². The van der Waals surface area contributed by atoms with Gasteiger partial charge in [0, 0.05) is 17.8 Å². The first-order valence-electron chi connectivity index (χ1n) is 7.14. The Balaban J connectivity index is 2.41. The highest BCUT2D eigenvalue weighted by atomic mass is 19.1. The number of hydrogen-bond acceptors (Lipinski definition) is 4. The Morgan fingerprint density at radius 1 is 1.19 bits per heavy atom. The Hall–Kier alpha value is -2.17. The number of hydrogen-bond donors (Lipinski definition) is 2. The molecule has 0 amide bonds. The second kappa shape index (κ2) is 6.52. The Morgan fingerprint density at radius 2 is 1.90 bits per heavy atom. The number of halogens is 1. The van der Waals surface area contributed by atoms with Crippen molar-refractivity contribution in [3.63, 3.8) is 0 Å². The number of nitrogens with one attached hydrogen (secondary N) is 2. The molecule has 0 unspecified atom stereocenters. The molecule has 0 aliphatic carbocycles. The van der Waals surface area contributed by atoms with Crippen LogP contribution in [0.2, 0.25) is 0 Å². The number of nitrogens with zero attached hydrogens (tertiary/aromatic N) is 2. The first kappa shape index (κ1) is 15.2. The van der Waals surface area contributed by atoms with Crippen molar-refractivity contribution in [3.05, 3.63) is 41.5 Å². The number of benzene rings is 1. The lowest BCUT2D eigenvalue weighted by molar-refractivity contribution is 0.627. The van der Waals surface area contributed by atoms with E-state index in [9.17, 15) is 4.39 Å². The van der Waals surface area contributed by atoms with Crippen LogP contribution in [0.3, 0.4) is 0 Å². The molecule has 0 aliphatic rings. The van der Waals surface area contributed by atoms with Crippen molar-refractivity contribution in [1.29, 1.82) is 0 Å². The van der Waals surface area contributed by atoms with Gasteiger partial charge in [0.15, 0.2) is 0 Å². The third kappa shape index (κ3) is 3.48. The second-order valence-electron chi connectivity index (χ2n) is 5.25. The molecule has 0 atom stereocenters. The van der Waals surface area contributed by atoms with Gasteiger partial charge in [-0.1, -0.05) is 13.8 Å². The van der Waals surface area contributed by atoms with E-state index in [0.717, 1.165) is 35.0 Å². The first-order chi connectivity index (χ1) is 10.0. The number of anilines is 3. The maximum absolute atomic E-state index is 13.2. The zero-order chi connectivity index (χ0) is 15.4. The third-order valence-corrected chi connectivity index (χ3v) is 3.25. The van der Waals surface area contributed by atoms with Gasteiger partial charge in [-0.15, -0.1) is 0 Å². The molecule has 5 heteroatoms. The van der Waals surface area contributed by atoms with Crippen molar-refractivity contribution >= 4 is 17.3 Å². The minimum absolute atomic E-state index is 0.238. The van der Waals surface area contributed by atoms with Crippen LogP contribution in [-0.2, 0) is 0 Å². The van der Waals surface area contributed by atoms with Gasteiger partial charge in [-0.25, -0.2) is 14.4 Å². The molecule has 2 N–H and O–H groups in total. The molecule has 0 fully saturated rings. The third-order valence-electron chi connectivity index (χ3n) is 3.25. The fourth-order valence-electron chi connectivity index (χ4n) is 2.25. The van der Waals surface area contributed by atoms with Gasteiger partial charge in [-0.05, 0) is 43.5 Å². The summed E-state index contributed by atoms with van der Waals surface area (Å²) in [5.41, 5.74) is 2.72. The lowest BCUT2D eigenvalue weighted by Crippen LogP contribution is -2.09. The molecule has 1 aromatic carbocycles. The van der Waals surface area contributed by atoms with Crippen molar-refractivity contribution in [2.75, 3.05) is 17.2 Å². The van der Waals surface area contributed by atoms with Crippen molar-refractivity contribution in [2.45, 2.75) is 33.6 Å². The number of aromatic nitrogens is 2. The second-order valence-corrected chi connectivity index (χ2v) is 5.25. The predicted octanol–water partition coefficient (Wildman–Crippen LogP) is 4.22. The SMILES string of the molecule is CCNc1ncnc(Nc2ccc(F)cc2C)c1C(C)C. The average Bonchev–Trinajstić information content (AvgIpc) is 2.42. The molecule has 0 saturated heterocycles. The lowest BCUT2D eigenvalue weighted by atomic mass is 10.0. The van der Waals surface area contributed by atoms with Gasteiger partial charge in [0.05, 0.1) is 0 Å². The van der Waals surface area contributed by atoms with E-state index in [0.29, 0.717) is 0 Å². The fourth-order valence-corrected chi connectivity index (χ4v) is 2.25. The van der Waals surface area contributed by atoms with Crippen molar-refractivity contribution < 1.29 is 4.39 Å². The first-order valence-corrected chi connectivity index (χ1v) is 7.14. The molecule has 2 rings (SSSR count). The predicted molar refractivity (Wildman–Crippen MR) is 84.7 cm³/mol. The summed E-state index contributed by atoms with van der Waals surface area (Å²) in [6.45, 7) is 8.90. The van der Waals surface area contributed by atoms with E-state index in [1.54, 1.807) is 6.07 Å². The zero-order valence-electron chi connectivity index (χ0n) is 12.9. The van der Waals surface area contributed by atoms with Gasteiger partial charge in [0.25, 0.3) is 0 Å². The van der Waals surface area contributed by atoms with E-state index >= 15 is 0 Å². The molecule has 0 saturated carbocycles. The van der Waals surface area contributed by atoms with Gasteiger partial charge < -0.3 is 10.6 Å². The summed E-state index contributed by atoms with van der Waals surface area (Å²) in [5, 5.41) is 6.55. The van der Waals surface area contributed by atoms with Crippen LogP contribution in [-0.4, -0.2) is 16.5 Å². The molecule has 0 radical (unpaired) electrons. The van der Waals surface area contributed by atoms with Gasteiger partial charge >= 0.3 is 0 Å². The molecule has 21 heavy (non-hydrogen) atoms. The average molecular weight is 288 g/mol. The maximum atomic E-state index is 13.2. The van der Waals surface area contributed by atoms with Gasteiger partial charge in [0.2, 0.25) is 0 Å². The Bertz CT molecular complexity index is 626. The molecule has 2 aromatic rings. The molecule has 4 nitrogen and oxygen atoms in total. The van der Waals surface area contributed by atoms with Crippen LogP contribution in [0.4, 0.5) is 21.7 Å². The molecule has 1 aromatic heterocycles. The molecule has 0 bridgehead atoms. The Kier molecular flexibility index (Phi) is 4.73. The smallest absolute Gasteiger partial charge is 0.139 e. The van der Waals surface area contributed by atoms with Crippen molar-refractivity contribution in [3.8, 4) is 0 Å². The Labute approximate surface area is 124 Å². The van der Waals surface area contributed by atoms with E-state index in [-0.39, 0.29) is 11.7 Å². The molecular weight excluding hydrogens is 267 g/mol. The molecule has 112 valence electrons. The van der Waals surface area contributed by atoms with Crippen LogP contribution in [0.5, 0.6) is 0 Å². The summed E-state index contributed by atoms with van der Waals surface area (Å²) >= 11 is 0. The van der Waals surface area contributed by atoms with Crippen LogP contribution < -0.4 is 10.6 Å². The van der Waals surface area contributed by atoms with Crippen LogP contribution in [0.25, 0.3) is 0 Å². The molecule has 0 spiro atoms. The molecule has 0 aliphatic heterocycles. The summed E-state index contributed by atoms with van der Waals surface area (Å²) in [5.74, 6) is 1.62. The molecule has 1 heterocycles. The topological polar surface area (TPSA) is 49.8 Å². The minimum atomic E-state index is -0.238. The van der Waals surface area contributed by atoms with Gasteiger partial charge in [-0.2, -0.15) is 0 Å².